The van der Waals surface area contributed by atoms with E-state index in [4.69, 9.17) is 15.2 Å². The highest BCUT2D eigenvalue weighted by molar-refractivity contribution is 9.10. The van der Waals surface area contributed by atoms with E-state index in [2.05, 4.69) is 22.9 Å². The number of benzene rings is 1. The molecule has 1 aliphatic heterocycles. The molecule has 3 nitrogen and oxygen atoms in total. The zero-order valence-electron chi connectivity index (χ0n) is 10.2. The van der Waals surface area contributed by atoms with Crippen molar-refractivity contribution in [1.82, 2.24) is 0 Å². The van der Waals surface area contributed by atoms with Crippen LogP contribution in [0.3, 0.4) is 0 Å². The first-order valence-corrected chi connectivity index (χ1v) is 6.61. The zero-order chi connectivity index (χ0) is 12.4. The summed E-state index contributed by atoms with van der Waals surface area (Å²) in [6.07, 6.45) is 0.978. The minimum Gasteiger partial charge on any atom is -0.490 e. The van der Waals surface area contributed by atoms with E-state index in [1.54, 1.807) is 7.11 Å². The van der Waals surface area contributed by atoms with Gasteiger partial charge in [-0.05, 0) is 12.1 Å². The molecule has 17 heavy (non-hydrogen) atoms. The lowest BCUT2D eigenvalue weighted by Gasteiger charge is -2.33. The monoisotopic (exact) mass is 299 g/mol. The van der Waals surface area contributed by atoms with Crippen molar-refractivity contribution in [3.63, 3.8) is 0 Å². The topological polar surface area (TPSA) is 44.5 Å². The van der Waals surface area contributed by atoms with Gasteiger partial charge in [-0.3, -0.25) is 0 Å². The Morgan fingerprint density at radius 2 is 2.35 bits per heavy atom. The zero-order valence-corrected chi connectivity index (χ0v) is 11.7. The minimum absolute atomic E-state index is 0.0520. The van der Waals surface area contributed by atoms with Crippen LogP contribution >= 0.6 is 15.9 Å². The largest absolute Gasteiger partial charge is 0.490 e. The highest BCUT2D eigenvalue weighted by atomic mass is 79.9. The SMILES string of the molecule is COCC(C)C1C[C@H](N)c2ccc(Br)cc2O1. The summed E-state index contributed by atoms with van der Waals surface area (Å²) in [7, 11) is 1.71. The highest BCUT2D eigenvalue weighted by Gasteiger charge is 2.29. The molecule has 2 N–H and O–H groups in total. The molecule has 1 aromatic carbocycles. The summed E-state index contributed by atoms with van der Waals surface area (Å²) in [6.45, 7) is 2.82. The fourth-order valence-corrected chi connectivity index (χ4v) is 2.56. The van der Waals surface area contributed by atoms with Crippen LogP contribution in [0, 0.1) is 5.92 Å². The van der Waals surface area contributed by atoms with Crippen LogP contribution in [0.2, 0.25) is 0 Å². The summed E-state index contributed by atoms with van der Waals surface area (Å²) in [5.74, 6) is 1.24. The van der Waals surface area contributed by atoms with Crippen molar-refractivity contribution in [3.8, 4) is 5.75 Å². The normalized spacial score (nSPS) is 24.9. The number of nitrogens with two attached hydrogens (primary N) is 1. The van der Waals surface area contributed by atoms with E-state index in [1.165, 1.54) is 0 Å². The van der Waals surface area contributed by atoms with Crippen LogP contribution in [0.25, 0.3) is 0 Å². The van der Waals surface area contributed by atoms with Crippen molar-refractivity contribution in [2.75, 3.05) is 13.7 Å². The predicted molar refractivity (Wildman–Crippen MR) is 71.1 cm³/mol. The molecule has 0 bridgehead atoms. The van der Waals surface area contributed by atoms with Gasteiger partial charge in [0.1, 0.15) is 11.9 Å². The summed E-state index contributed by atoms with van der Waals surface area (Å²) in [5, 5.41) is 0. The molecule has 2 unspecified atom stereocenters. The summed E-state index contributed by atoms with van der Waals surface area (Å²) in [6, 6.07) is 6.07. The van der Waals surface area contributed by atoms with Crippen molar-refractivity contribution in [2.24, 2.45) is 11.7 Å². The van der Waals surface area contributed by atoms with Gasteiger partial charge < -0.3 is 15.2 Å². The van der Waals surface area contributed by atoms with Gasteiger partial charge in [-0.15, -0.1) is 0 Å². The van der Waals surface area contributed by atoms with Gasteiger partial charge in [0.2, 0.25) is 0 Å². The Labute approximate surface area is 110 Å². The van der Waals surface area contributed by atoms with Crippen molar-refractivity contribution >= 4 is 15.9 Å². The highest BCUT2D eigenvalue weighted by Crippen LogP contribution is 2.37. The van der Waals surface area contributed by atoms with E-state index in [1.807, 2.05) is 18.2 Å². The lowest BCUT2D eigenvalue weighted by molar-refractivity contribution is 0.0538. The van der Waals surface area contributed by atoms with Crippen molar-refractivity contribution in [3.05, 3.63) is 28.2 Å². The van der Waals surface area contributed by atoms with Crippen LogP contribution in [0.4, 0.5) is 0 Å². The molecule has 2 rings (SSSR count). The minimum atomic E-state index is 0.0520. The number of rotatable bonds is 3. The van der Waals surface area contributed by atoms with E-state index >= 15 is 0 Å². The Balaban J connectivity index is 2.19. The van der Waals surface area contributed by atoms with E-state index in [-0.39, 0.29) is 12.1 Å². The van der Waals surface area contributed by atoms with Gasteiger partial charge in [0.05, 0.1) is 6.61 Å². The predicted octanol–water partition coefficient (Wildman–Crippen LogP) is 2.88. The third kappa shape index (κ3) is 2.81. The second-order valence-corrected chi connectivity index (χ2v) is 5.53. The number of fused-ring (bicyclic) bond motifs is 1. The van der Waals surface area contributed by atoms with Crippen molar-refractivity contribution in [1.29, 1.82) is 0 Å². The van der Waals surface area contributed by atoms with Gasteiger partial charge in [0.15, 0.2) is 0 Å². The quantitative estimate of drug-likeness (QED) is 0.933. The third-order valence-electron chi connectivity index (χ3n) is 3.20. The summed E-state index contributed by atoms with van der Waals surface area (Å²) in [4.78, 5) is 0. The average Bonchev–Trinajstić information content (AvgIpc) is 2.28. The van der Waals surface area contributed by atoms with Crippen LogP contribution in [0.15, 0.2) is 22.7 Å². The molecule has 1 aliphatic rings. The van der Waals surface area contributed by atoms with Gasteiger partial charge in [0.25, 0.3) is 0 Å². The van der Waals surface area contributed by atoms with E-state index in [0.29, 0.717) is 12.5 Å². The maximum Gasteiger partial charge on any atom is 0.125 e. The Kier molecular flexibility index (Phi) is 4.07. The number of halogens is 1. The first-order chi connectivity index (χ1) is 8.11. The lowest BCUT2D eigenvalue weighted by Crippen LogP contribution is -2.35. The standard InChI is InChI=1S/C13H18BrNO2/c1-8(7-16-2)12-6-11(15)10-4-3-9(14)5-13(10)17-12/h3-5,8,11-12H,6-7,15H2,1-2H3/t8?,11-,12?/m0/s1. The molecule has 0 radical (unpaired) electrons. The molecule has 0 fully saturated rings. The summed E-state index contributed by atoms with van der Waals surface area (Å²) < 4.78 is 12.2. The first-order valence-electron chi connectivity index (χ1n) is 5.82. The van der Waals surface area contributed by atoms with E-state index in [9.17, 15) is 0 Å². The van der Waals surface area contributed by atoms with Crippen molar-refractivity contribution in [2.45, 2.75) is 25.5 Å². The molecule has 1 heterocycles. The van der Waals surface area contributed by atoms with Crippen molar-refractivity contribution < 1.29 is 9.47 Å². The second-order valence-electron chi connectivity index (χ2n) is 4.61. The molecule has 0 spiro atoms. The molecular weight excluding hydrogens is 282 g/mol. The fraction of sp³-hybridized carbons (Fsp3) is 0.538. The molecule has 3 atom stereocenters. The molecule has 0 saturated heterocycles. The molecule has 1 aromatic rings. The first kappa shape index (κ1) is 12.9. The van der Waals surface area contributed by atoms with Gasteiger partial charge in [-0.2, -0.15) is 0 Å². The molecular formula is C13H18BrNO2. The smallest absolute Gasteiger partial charge is 0.125 e. The molecule has 94 valence electrons. The molecule has 0 aliphatic carbocycles. The van der Waals surface area contributed by atoms with Crippen LogP contribution in [0.1, 0.15) is 24.9 Å². The van der Waals surface area contributed by atoms with Gasteiger partial charge >= 0.3 is 0 Å². The second kappa shape index (κ2) is 5.38. The number of hydrogen-bond acceptors (Lipinski definition) is 3. The maximum absolute atomic E-state index is 6.18. The Bertz CT molecular complexity index is 397. The fourth-order valence-electron chi connectivity index (χ4n) is 2.22. The van der Waals surface area contributed by atoms with Gasteiger partial charge in [-0.25, -0.2) is 0 Å². The van der Waals surface area contributed by atoms with E-state index in [0.717, 1.165) is 22.2 Å². The Morgan fingerprint density at radius 3 is 3.06 bits per heavy atom. The summed E-state index contributed by atoms with van der Waals surface area (Å²) in [5.41, 5.74) is 7.28. The number of hydrogen-bond donors (Lipinski definition) is 1. The van der Waals surface area contributed by atoms with Crippen LogP contribution in [-0.4, -0.2) is 19.8 Å². The Morgan fingerprint density at radius 1 is 1.59 bits per heavy atom. The van der Waals surface area contributed by atoms with E-state index < -0.39 is 0 Å². The number of ether oxygens (including phenoxy) is 2. The van der Waals surface area contributed by atoms with Crippen LogP contribution in [0.5, 0.6) is 5.75 Å². The molecule has 0 aromatic heterocycles. The third-order valence-corrected chi connectivity index (χ3v) is 3.70. The van der Waals surface area contributed by atoms with Gasteiger partial charge in [-0.1, -0.05) is 28.9 Å². The van der Waals surface area contributed by atoms with Gasteiger partial charge in [0, 0.05) is 35.5 Å². The lowest BCUT2D eigenvalue weighted by atomic mass is 9.91. The average molecular weight is 300 g/mol. The summed E-state index contributed by atoms with van der Waals surface area (Å²) >= 11 is 3.45. The Hall–Kier alpha value is -0.580. The number of methoxy groups -OCH3 is 1. The molecule has 0 amide bonds. The van der Waals surface area contributed by atoms with Crippen LogP contribution in [-0.2, 0) is 4.74 Å². The molecule has 4 heteroatoms. The maximum atomic E-state index is 6.18. The molecule has 0 saturated carbocycles. The van der Waals surface area contributed by atoms with Crippen LogP contribution < -0.4 is 10.5 Å².